The largest absolute Gasteiger partial charge is 0.508 e. The highest BCUT2D eigenvalue weighted by atomic mass is 127. The number of phenols is 1. The van der Waals surface area contributed by atoms with Crippen LogP contribution in [0.2, 0.25) is 0 Å². The molecule has 0 aliphatic carbocycles. The molecule has 0 fully saturated rings. The maximum absolute atomic E-state index is 10.8. The van der Waals surface area contributed by atoms with Crippen molar-refractivity contribution in [3.63, 3.8) is 0 Å². The number of carboxylic acids is 1. The summed E-state index contributed by atoms with van der Waals surface area (Å²) < 4.78 is 0.954. The SMILES string of the molecule is O=C(O)Cc1cc(Sc2ccc(O)cc2)ccc1I. The van der Waals surface area contributed by atoms with E-state index in [1.807, 2.05) is 30.3 Å². The fourth-order valence-corrected chi connectivity index (χ4v) is 2.97. The van der Waals surface area contributed by atoms with Crippen LogP contribution in [-0.4, -0.2) is 16.2 Å². The molecule has 0 aromatic heterocycles. The summed E-state index contributed by atoms with van der Waals surface area (Å²) in [6, 6.07) is 12.7. The first-order chi connectivity index (χ1) is 9.04. The molecular formula is C14H11IO3S. The Morgan fingerprint density at radius 1 is 1.11 bits per heavy atom. The third-order valence-corrected chi connectivity index (χ3v) is 4.48. The molecule has 2 rings (SSSR count). The molecular weight excluding hydrogens is 375 g/mol. The normalized spacial score (nSPS) is 10.4. The number of aromatic hydroxyl groups is 1. The number of carboxylic acid groups (broad SMARTS) is 1. The zero-order valence-electron chi connectivity index (χ0n) is 9.84. The molecule has 0 radical (unpaired) electrons. The van der Waals surface area contributed by atoms with Gasteiger partial charge in [0.25, 0.3) is 0 Å². The summed E-state index contributed by atoms with van der Waals surface area (Å²) in [5, 5.41) is 18.1. The Hall–Kier alpha value is -1.21. The van der Waals surface area contributed by atoms with E-state index in [4.69, 9.17) is 5.11 Å². The van der Waals surface area contributed by atoms with Gasteiger partial charge in [0.15, 0.2) is 0 Å². The van der Waals surface area contributed by atoms with E-state index in [0.29, 0.717) is 0 Å². The maximum atomic E-state index is 10.8. The van der Waals surface area contributed by atoms with Crippen molar-refractivity contribution in [2.24, 2.45) is 0 Å². The molecule has 5 heteroatoms. The molecule has 0 spiro atoms. The summed E-state index contributed by atoms with van der Waals surface area (Å²) in [6.07, 6.45) is 0.0300. The zero-order chi connectivity index (χ0) is 13.8. The van der Waals surface area contributed by atoms with E-state index in [-0.39, 0.29) is 12.2 Å². The number of aliphatic carboxylic acids is 1. The topological polar surface area (TPSA) is 57.5 Å². The molecule has 0 unspecified atom stereocenters. The molecule has 19 heavy (non-hydrogen) atoms. The second-order valence-electron chi connectivity index (χ2n) is 3.92. The molecule has 0 heterocycles. The van der Waals surface area contributed by atoms with Crippen LogP contribution in [0.4, 0.5) is 0 Å². The van der Waals surface area contributed by atoms with Crippen molar-refractivity contribution in [1.29, 1.82) is 0 Å². The quantitative estimate of drug-likeness (QED) is 0.786. The number of benzene rings is 2. The first-order valence-electron chi connectivity index (χ1n) is 5.52. The lowest BCUT2D eigenvalue weighted by Crippen LogP contribution is -2.01. The van der Waals surface area contributed by atoms with Gasteiger partial charge >= 0.3 is 5.97 Å². The number of rotatable bonds is 4. The minimum atomic E-state index is -0.829. The van der Waals surface area contributed by atoms with Gasteiger partial charge in [-0.2, -0.15) is 0 Å². The lowest BCUT2D eigenvalue weighted by molar-refractivity contribution is -0.136. The van der Waals surface area contributed by atoms with Gasteiger partial charge in [0.05, 0.1) is 6.42 Å². The third kappa shape index (κ3) is 4.14. The number of carbonyl (C=O) groups is 1. The molecule has 2 aromatic rings. The second-order valence-corrected chi connectivity index (χ2v) is 6.23. The van der Waals surface area contributed by atoms with Crippen LogP contribution in [0, 0.1) is 3.57 Å². The first kappa shape index (κ1) is 14.2. The van der Waals surface area contributed by atoms with Gasteiger partial charge in [0, 0.05) is 13.4 Å². The molecule has 3 nitrogen and oxygen atoms in total. The van der Waals surface area contributed by atoms with Crippen molar-refractivity contribution in [2.75, 3.05) is 0 Å². The third-order valence-electron chi connectivity index (χ3n) is 2.43. The molecule has 0 atom stereocenters. The predicted octanol–water partition coefficient (Wildman–Crippen LogP) is 3.78. The Labute approximate surface area is 128 Å². The molecule has 98 valence electrons. The maximum Gasteiger partial charge on any atom is 0.307 e. The van der Waals surface area contributed by atoms with Crippen LogP contribution in [0.25, 0.3) is 0 Å². The summed E-state index contributed by atoms with van der Waals surface area (Å²) in [5.74, 6) is -0.594. The first-order valence-corrected chi connectivity index (χ1v) is 7.41. The van der Waals surface area contributed by atoms with Crippen molar-refractivity contribution in [1.82, 2.24) is 0 Å². The van der Waals surface area contributed by atoms with Gasteiger partial charge in [0.1, 0.15) is 5.75 Å². The predicted molar refractivity (Wildman–Crippen MR) is 82.7 cm³/mol. The van der Waals surface area contributed by atoms with Crippen LogP contribution in [0.3, 0.4) is 0 Å². The Morgan fingerprint density at radius 3 is 2.37 bits per heavy atom. The summed E-state index contributed by atoms with van der Waals surface area (Å²) in [7, 11) is 0. The van der Waals surface area contributed by atoms with Gasteiger partial charge in [-0.1, -0.05) is 11.8 Å². The fraction of sp³-hybridized carbons (Fsp3) is 0.0714. The zero-order valence-corrected chi connectivity index (χ0v) is 12.8. The van der Waals surface area contributed by atoms with Crippen LogP contribution in [0.1, 0.15) is 5.56 Å². The fourth-order valence-electron chi connectivity index (χ4n) is 1.56. The number of halogens is 1. The smallest absolute Gasteiger partial charge is 0.307 e. The van der Waals surface area contributed by atoms with Crippen LogP contribution >= 0.6 is 34.4 Å². The molecule has 0 amide bonds. The lowest BCUT2D eigenvalue weighted by atomic mass is 10.2. The lowest BCUT2D eigenvalue weighted by Gasteiger charge is -2.06. The minimum Gasteiger partial charge on any atom is -0.508 e. The Morgan fingerprint density at radius 2 is 1.74 bits per heavy atom. The summed E-state index contributed by atoms with van der Waals surface area (Å²) >= 11 is 3.68. The Balaban J connectivity index is 2.21. The summed E-state index contributed by atoms with van der Waals surface area (Å²) in [4.78, 5) is 12.8. The van der Waals surface area contributed by atoms with E-state index < -0.39 is 5.97 Å². The van der Waals surface area contributed by atoms with Gasteiger partial charge in [-0.3, -0.25) is 4.79 Å². The minimum absolute atomic E-state index is 0.0300. The van der Waals surface area contributed by atoms with Crippen molar-refractivity contribution >= 4 is 40.3 Å². The number of hydrogen-bond acceptors (Lipinski definition) is 3. The second kappa shape index (κ2) is 6.29. The van der Waals surface area contributed by atoms with Gasteiger partial charge < -0.3 is 10.2 Å². The van der Waals surface area contributed by atoms with Gasteiger partial charge in [0.2, 0.25) is 0 Å². The van der Waals surface area contributed by atoms with E-state index in [2.05, 4.69) is 22.6 Å². The highest BCUT2D eigenvalue weighted by molar-refractivity contribution is 14.1. The van der Waals surface area contributed by atoms with E-state index >= 15 is 0 Å². The molecule has 0 bridgehead atoms. The number of hydrogen-bond donors (Lipinski definition) is 2. The average Bonchev–Trinajstić information content (AvgIpc) is 2.36. The molecule has 0 saturated carbocycles. The van der Waals surface area contributed by atoms with Crippen molar-refractivity contribution in [3.05, 3.63) is 51.6 Å². The average molecular weight is 386 g/mol. The monoisotopic (exact) mass is 386 g/mol. The molecule has 2 aromatic carbocycles. The van der Waals surface area contributed by atoms with Crippen LogP contribution in [-0.2, 0) is 11.2 Å². The highest BCUT2D eigenvalue weighted by Crippen LogP contribution is 2.30. The Bertz CT molecular complexity index is 596. The molecule has 0 aliphatic heterocycles. The van der Waals surface area contributed by atoms with Gasteiger partial charge in [-0.05, 0) is 70.6 Å². The van der Waals surface area contributed by atoms with Crippen molar-refractivity contribution in [2.45, 2.75) is 16.2 Å². The van der Waals surface area contributed by atoms with Crippen molar-refractivity contribution in [3.8, 4) is 5.75 Å². The highest BCUT2D eigenvalue weighted by Gasteiger charge is 2.07. The van der Waals surface area contributed by atoms with E-state index in [1.165, 1.54) is 11.8 Å². The van der Waals surface area contributed by atoms with E-state index in [1.54, 1.807) is 12.1 Å². The van der Waals surface area contributed by atoms with Gasteiger partial charge in [-0.25, -0.2) is 0 Å². The van der Waals surface area contributed by atoms with Crippen LogP contribution < -0.4 is 0 Å². The molecule has 0 aliphatic rings. The van der Waals surface area contributed by atoms with Gasteiger partial charge in [-0.15, -0.1) is 0 Å². The van der Waals surface area contributed by atoms with E-state index in [9.17, 15) is 9.90 Å². The standard InChI is InChI=1S/C14H11IO3S/c15-13-6-5-12(7-9(13)8-14(17)18)19-11-3-1-10(16)2-4-11/h1-7,16H,8H2,(H,17,18). The van der Waals surface area contributed by atoms with Crippen LogP contribution in [0.5, 0.6) is 5.75 Å². The number of phenolic OH excluding ortho intramolecular Hbond substituents is 1. The Kier molecular flexibility index (Phi) is 4.71. The van der Waals surface area contributed by atoms with Crippen molar-refractivity contribution < 1.29 is 15.0 Å². The molecule has 2 N–H and O–H groups in total. The summed E-state index contributed by atoms with van der Waals surface area (Å²) in [5.41, 5.74) is 0.817. The van der Waals surface area contributed by atoms with Crippen LogP contribution in [0.15, 0.2) is 52.3 Å². The summed E-state index contributed by atoms with van der Waals surface area (Å²) in [6.45, 7) is 0. The molecule has 0 saturated heterocycles. The van der Waals surface area contributed by atoms with E-state index in [0.717, 1.165) is 18.9 Å².